The summed E-state index contributed by atoms with van der Waals surface area (Å²) in [7, 11) is 0. The van der Waals surface area contributed by atoms with E-state index in [0.29, 0.717) is 5.92 Å². The van der Waals surface area contributed by atoms with Gasteiger partial charge in [-0.2, -0.15) is 0 Å². The fourth-order valence-electron chi connectivity index (χ4n) is 1.22. The third-order valence-electron chi connectivity index (χ3n) is 2.59. The van der Waals surface area contributed by atoms with Crippen molar-refractivity contribution in [2.45, 2.75) is 52.9 Å². The zero-order chi connectivity index (χ0) is 10.1. The Hall–Kier alpha value is -0.460. The van der Waals surface area contributed by atoms with Gasteiger partial charge in [-0.25, -0.2) is 0 Å². The first-order valence-electron chi connectivity index (χ1n) is 5.65. The van der Waals surface area contributed by atoms with Crippen molar-refractivity contribution < 1.29 is 0 Å². The molecule has 13 heavy (non-hydrogen) atoms. The fraction of sp³-hybridized carbons (Fsp3) is 0.833. The van der Waals surface area contributed by atoms with Gasteiger partial charge in [0.1, 0.15) is 0 Å². The van der Waals surface area contributed by atoms with Gasteiger partial charge < -0.3 is 5.32 Å². The van der Waals surface area contributed by atoms with Crippen molar-refractivity contribution in [2.75, 3.05) is 6.54 Å². The highest BCUT2D eigenvalue weighted by Gasteiger charge is 2.01. The predicted molar refractivity (Wildman–Crippen MR) is 60.7 cm³/mol. The van der Waals surface area contributed by atoms with E-state index in [1.165, 1.54) is 37.8 Å². The van der Waals surface area contributed by atoms with Crippen LogP contribution >= 0.6 is 0 Å². The lowest BCUT2D eigenvalue weighted by Gasteiger charge is -2.14. The second kappa shape index (κ2) is 8.15. The summed E-state index contributed by atoms with van der Waals surface area (Å²) in [6, 6.07) is 0. The number of allylic oxidation sites excluding steroid dienone is 1. The molecule has 1 unspecified atom stereocenters. The molecule has 0 aliphatic carbocycles. The van der Waals surface area contributed by atoms with Gasteiger partial charge in [-0.15, -0.1) is 0 Å². The van der Waals surface area contributed by atoms with Gasteiger partial charge in [0.2, 0.25) is 0 Å². The Morgan fingerprint density at radius 1 is 1.23 bits per heavy atom. The average Bonchev–Trinajstić information content (AvgIpc) is 2.16. The van der Waals surface area contributed by atoms with Gasteiger partial charge in [0.05, 0.1) is 0 Å². The highest BCUT2D eigenvalue weighted by molar-refractivity contribution is 4.95. The second-order valence-electron chi connectivity index (χ2n) is 3.82. The van der Waals surface area contributed by atoms with E-state index in [-0.39, 0.29) is 0 Å². The third kappa shape index (κ3) is 6.68. The van der Waals surface area contributed by atoms with Crippen molar-refractivity contribution in [1.82, 2.24) is 5.32 Å². The number of unbranched alkanes of at least 4 members (excludes halogenated alkanes) is 3. The molecule has 1 N–H and O–H groups in total. The molecule has 1 atom stereocenters. The maximum absolute atomic E-state index is 4.03. The summed E-state index contributed by atoms with van der Waals surface area (Å²) in [5.41, 5.74) is 1.21. The average molecular weight is 183 g/mol. The van der Waals surface area contributed by atoms with Gasteiger partial charge in [0.25, 0.3) is 0 Å². The lowest BCUT2D eigenvalue weighted by molar-refractivity contribution is 0.565. The zero-order valence-corrected chi connectivity index (χ0v) is 9.53. The van der Waals surface area contributed by atoms with Gasteiger partial charge in [-0.1, -0.05) is 46.6 Å². The highest BCUT2D eigenvalue weighted by atomic mass is 14.9. The summed E-state index contributed by atoms with van der Waals surface area (Å²) in [4.78, 5) is 0. The van der Waals surface area contributed by atoms with Crippen LogP contribution in [0.25, 0.3) is 0 Å². The van der Waals surface area contributed by atoms with Crippen LogP contribution in [0.4, 0.5) is 0 Å². The predicted octanol–water partition coefficient (Wildman–Crippen LogP) is 3.72. The third-order valence-corrected chi connectivity index (χ3v) is 2.59. The van der Waals surface area contributed by atoms with Crippen LogP contribution in [0.3, 0.4) is 0 Å². The summed E-state index contributed by atoms with van der Waals surface area (Å²) < 4.78 is 0. The summed E-state index contributed by atoms with van der Waals surface area (Å²) >= 11 is 0. The Labute approximate surface area is 83.6 Å². The molecular formula is C12H25N. The number of hydrogen-bond acceptors (Lipinski definition) is 1. The van der Waals surface area contributed by atoms with E-state index in [2.05, 4.69) is 32.7 Å². The number of nitrogens with one attached hydrogen (secondary N) is 1. The monoisotopic (exact) mass is 183 g/mol. The molecule has 0 rings (SSSR count). The van der Waals surface area contributed by atoms with Crippen LogP contribution < -0.4 is 5.32 Å². The normalized spacial score (nSPS) is 12.5. The van der Waals surface area contributed by atoms with Gasteiger partial charge >= 0.3 is 0 Å². The molecule has 1 heteroatoms. The fourth-order valence-corrected chi connectivity index (χ4v) is 1.22. The quantitative estimate of drug-likeness (QED) is 0.566. The van der Waals surface area contributed by atoms with Crippen LogP contribution in [0.15, 0.2) is 12.3 Å². The van der Waals surface area contributed by atoms with Crippen molar-refractivity contribution in [1.29, 1.82) is 0 Å². The maximum Gasteiger partial charge on any atom is 0.0143 e. The molecule has 0 aromatic heterocycles. The molecule has 0 aromatic carbocycles. The summed E-state index contributed by atoms with van der Waals surface area (Å²) in [5.74, 6) is 0.617. The van der Waals surface area contributed by atoms with E-state index in [4.69, 9.17) is 0 Å². The Kier molecular flexibility index (Phi) is 7.86. The van der Waals surface area contributed by atoms with Crippen molar-refractivity contribution >= 4 is 0 Å². The van der Waals surface area contributed by atoms with E-state index in [1.54, 1.807) is 0 Å². The first-order chi connectivity index (χ1) is 6.22. The van der Waals surface area contributed by atoms with Crippen molar-refractivity contribution in [3.63, 3.8) is 0 Å². The van der Waals surface area contributed by atoms with E-state index in [0.717, 1.165) is 6.54 Å². The minimum absolute atomic E-state index is 0.617. The van der Waals surface area contributed by atoms with Crippen LogP contribution in [0.1, 0.15) is 52.9 Å². The van der Waals surface area contributed by atoms with Crippen molar-refractivity contribution in [3.05, 3.63) is 12.3 Å². The van der Waals surface area contributed by atoms with Gasteiger partial charge in [0, 0.05) is 12.2 Å². The first-order valence-corrected chi connectivity index (χ1v) is 5.65. The molecule has 78 valence electrons. The maximum atomic E-state index is 4.03. The molecule has 1 nitrogen and oxygen atoms in total. The van der Waals surface area contributed by atoms with E-state index < -0.39 is 0 Å². The van der Waals surface area contributed by atoms with Crippen LogP contribution in [0.5, 0.6) is 0 Å². The smallest absolute Gasteiger partial charge is 0.0143 e. The van der Waals surface area contributed by atoms with E-state index in [1.807, 2.05) is 0 Å². The van der Waals surface area contributed by atoms with Gasteiger partial charge in [-0.05, 0) is 18.8 Å². The summed E-state index contributed by atoms with van der Waals surface area (Å²) in [5, 5.41) is 3.40. The SMILES string of the molecule is C=C(NCCCCCC)C(C)CC. The molecule has 0 spiro atoms. The number of rotatable bonds is 8. The van der Waals surface area contributed by atoms with E-state index >= 15 is 0 Å². The molecular weight excluding hydrogens is 158 g/mol. The topological polar surface area (TPSA) is 12.0 Å². The zero-order valence-electron chi connectivity index (χ0n) is 9.53. The highest BCUT2D eigenvalue weighted by Crippen LogP contribution is 2.08. The minimum atomic E-state index is 0.617. The number of hydrogen-bond donors (Lipinski definition) is 1. The van der Waals surface area contributed by atoms with Crippen LogP contribution in [0.2, 0.25) is 0 Å². The second-order valence-corrected chi connectivity index (χ2v) is 3.82. The molecule has 0 amide bonds. The first kappa shape index (κ1) is 12.5. The molecule has 0 saturated carbocycles. The molecule has 0 saturated heterocycles. The molecule has 0 bridgehead atoms. The lowest BCUT2D eigenvalue weighted by atomic mass is 10.1. The Morgan fingerprint density at radius 2 is 1.92 bits per heavy atom. The molecule has 0 aliphatic heterocycles. The summed E-state index contributed by atoms with van der Waals surface area (Å²) in [6.45, 7) is 11.8. The lowest BCUT2D eigenvalue weighted by Crippen LogP contribution is -2.18. The summed E-state index contributed by atoms with van der Waals surface area (Å²) in [6.07, 6.45) is 6.48. The minimum Gasteiger partial charge on any atom is -0.389 e. The van der Waals surface area contributed by atoms with Crippen LogP contribution in [-0.4, -0.2) is 6.54 Å². The molecule has 0 radical (unpaired) electrons. The molecule has 0 heterocycles. The molecule has 0 aromatic rings. The Bertz CT molecular complexity index is 129. The molecule has 0 aliphatic rings. The van der Waals surface area contributed by atoms with Crippen LogP contribution in [-0.2, 0) is 0 Å². The van der Waals surface area contributed by atoms with Gasteiger partial charge in [-0.3, -0.25) is 0 Å². The van der Waals surface area contributed by atoms with Gasteiger partial charge in [0.15, 0.2) is 0 Å². The van der Waals surface area contributed by atoms with Crippen molar-refractivity contribution in [2.24, 2.45) is 5.92 Å². The largest absolute Gasteiger partial charge is 0.389 e. The van der Waals surface area contributed by atoms with Crippen LogP contribution in [0, 0.1) is 5.92 Å². The van der Waals surface area contributed by atoms with Crippen molar-refractivity contribution in [3.8, 4) is 0 Å². The Balaban J connectivity index is 3.27. The molecule has 0 fully saturated rings. The Morgan fingerprint density at radius 3 is 2.46 bits per heavy atom. The van der Waals surface area contributed by atoms with E-state index in [9.17, 15) is 0 Å². The standard InChI is InChI=1S/C12H25N/c1-5-7-8-9-10-13-12(4)11(3)6-2/h11,13H,4-10H2,1-3H3.